The van der Waals surface area contributed by atoms with Gasteiger partial charge in [0.25, 0.3) is 0 Å². The van der Waals surface area contributed by atoms with E-state index < -0.39 is 0 Å². The molecule has 2 rings (SSSR count). The van der Waals surface area contributed by atoms with E-state index in [9.17, 15) is 0 Å². The molecular formula is C12H14BrN3O. The summed E-state index contributed by atoms with van der Waals surface area (Å²) < 4.78 is 8.29. The van der Waals surface area contributed by atoms with E-state index in [1.165, 1.54) is 0 Å². The van der Waals surface area contributed by atoms with Crippen molar-refractivity contribution in [3.63, 3.8) is 0 Å². The molecule has 0 aliphatic carbocycles. The van der Waals surface area contributed by atoms with Gasteiger partial charge in [0.1, 0.15) is 6.61 Å². The Morgan fingerprint density at radius 2 is 2.12 bits per heavy atom. The summed E-state index contributed by atoms with van der Waals surface area (Å²) in [6.45, 7) is 2.39. The van der Waals surface area contributed by atoms with Crippen molar-refractivity contribution < 1.29 is 4.74 Å². The quantitative estimate of drug-likeness (QED) is 0.942. The maximum atomic E-state index is 5.62. The second kappa shape index (κ2) is 5.33. The van der Waals surface area contributed by atoms with Crippen LogP contribution in [0, 0.1) is 0 Å². The minimum absolute atomic E-state index is 0.0195. The van der Waals surface area contributed by atoms with Gasteiger partial charge in [0.15, 0.2) is 5.75 Å². The van der Waals surface area contributed by atoms with Crippen LogP contribution in [0.1, 0.15) is 6.92 Å². The molecule has 2 aromatic rings. The number of rotatable bonds is 4. The van der Waals surface area contributed by atoms with Crippen LogP contribution in [-0.4, -0.2) is 22.4 Å². The van der Waals surface area contributed by atoms with Gasteiger partial charge in [-0.25, -0.2) is 4.68 Å². The van der Waals surface area contributed by atoms with E-state index in [1.807, 2.05) is 37.4 Å². The molecule has 2 N–H and O–H groups in total. The first-order chi connectivity index (χ1) is 8.15. The number of hydrogen-bond acceptors (Lipinski definition) is 3. The molecule has 0 saturated heterocycles. The fraction of sp³-hybridized carbons (Fsp3) is 0.250. The summed E-state index contributed by atoms with van der Waals surface area (Å²) >= 11 is 3.40. The molecule has 0 aliphatic heterocycles. The molecule has 0 fully saturated rings. The van der Waals surface area contributed by atoms with Gasteiger partial charge in [-0.2, -0.15) is 5.10 Å². The Labute approximate surface area is 109 Å². The molecule has 0 aliphatic rings. The van der Waals surface area contributed by atoms with E-state index in [4.69, 9.17) is 10.5 Å². The van der Waals surface area contributed by atoms with Gasteiger partial charge in [-0.1, -0.05) is 15.9 Å². The summed E-state index contributed by atoms with van der Waals surface area (Å²) in [6.07, 6.45) is 3.52. The standard InChI is InChI=1S/C12H14BrN3O/c1-9(14)8-17-12-6-15-16(7-12)11-4-2-10(13)3-5-11/h2-7,9H,8,14H2,1H3. The minimum Gasteiger partial charge on any atom is -0.489 e. The molecule has 90 valence electrons. The number of aromatic nitrogens is 2. The largest absolute Gasteiger partial charge is 0.489 e. The zero-order chi connectivity index (χ0) is 12.3. The van der Waals surface area contributed by atoms with Crippen LogP contribution in [0.4, 0.5) is 0 Å². The molecule has 1 aromatic carbocycles. The van der Waals surface area contributed by atoms with Crippen molar-refractivity contribution in [1.29, 1.82) is 0 Å². The summed E-state index contributed by atoms with van der Waals surface area (Å²) in [7, 11) is 0. The normalized spacial score (nSPS) is 12.4. The van der Waals surface area contributed by atoms with Gasteiger partial charge in [-0.3, -0.25) is 0 Å². The maximum absolute atomic E-state index is 5.62. The van der Waals surface area contributed by atoms with Gasteiger partial charge in [0.2, 0.25) is 0 Å². The zero-order valence-corrected chi connectivity index (χ0v) is 11.1. The third kappa shape index (κ3) is 3.31. The molecule has 1 aromatic heterocycles. The van der Waals surface area contributed by atoms with Crippen molar-refractivity contribution in [3.05, 3.63) is 41.1 Å². The Kier molecular flexibility index (Phi) is 3.81. The zero-order valence-electron chi connectivity index (χ0n) is 9.51. The topological polar surface area (TPSA) is 53.1 Å². The molecule has 0 spiro atoms. The maximum Gasteiger partial charge on any atom is 0.157 e. The summed E-state index contributed by atoms with van der Waals surface area (Å²) in [4.78, 5) is 0. The molecule has 1 unspecified atom stereocenters. The number of nitrogens with zero attached hydrogens (tertiary/aromatic N) is 2. The molecule has 1 atom stereocenters. The van der Waals surface area contributed by atoms with Crippen molar-refractivity contribution in [3.8, 4) is 11.4 Å². The summed E-state index contributed by atoms with van der Waals surface area (Å²) in [5.41, 5.74) is 6.61. The van der Waals surface area contributed by atoms with Crippen LogP contribution in [0.15, 0.2) is 41.1 Å². The summed E-state index contributed by atoms with van der Waals surface area (Å²) in [5, 5.41) is 4.23. The van der Waals surface area contributed by atoms with Crippen molar-refractivity contribution in [2.75, 3.05) is 6.61 Å². The molecular weight excluding hydrogens is 282 g/mol. The van der Waals surface area contributed by atoms with Crippen LogP contribution in [0.5, 0.6) is 5.75 Å². The van der Waals surface area contributed by atoms with Gasteiger partial charge in [0.05, 0.1) is 18.1 Å². The van der Waals surface area contributed by atoms with Gasteiger partial charge >= 0.3 is 0 Å². The number of benzene rings is 1. The van der Waals surface area contributed by atoms with E-state index in [0.717, 1.165) is 15.9 Å². The molecule has 4 nitrogen and oxygen atoms in total. The second-order valence-electron chi connectivity index (χ2n) is 3.89. The van der Waals surface area contributed by atoms with Crippen LogP contribution >= 0.6 is 15.9 Å². The lowest BCUT2D eigenvalue weighted by molar-refractivity contribution is 0.296. The van der Waals surface area contributed by atoms with E-state index in [2.05, 4.69) is 21.0 Å². The number of nitrogens with two attached hydrogens (primary N) is 1. The first kappa shape index (κ1) is 12.1. The predicted molar refractivity (Wildman–Crippen MR) is 70.4 cm³/mol. The van der Waals surface area contributed by atoms with E-state index >= 15 is 0 Å². The minimum atomic E-state index is 0.0195. The number of hydrogen-bond donors (Lipinski definition) is 1. The van der Waals surface area contributed by atoms with Crippen LogP contribution in [0.2, 0.25) is 0 Å². The first-order valence-electron chi connectivity index (χ1n) is 5.34. The SMILES string of the molecule is CC(N)COc1cnn(-c2ccc(Br)cc2)c1. The Morgan fingerprint density at radius 3 is 2.76 bits per heavy atom. The Hall–Kier alpha value is -1.33. The number of ether oxygens (including phenoxy) is 1. The van der Waals surface area contributed by atoms with Crippen LogP contribution in [0.25, 0.3) is 5.69 Å². The Morgan fingerprint density at radius 1 is 1.41 bits per heavy atom. The highest BCUT2D eigenvalue weighted by Crippen LogP contribution is 2.16. The highest BCUT2D eigenvalue weighted by Gasteiger charge is 2.02. The molecule has 1 heterocycles. The highest BCUT2D eigenvalue weighted by molar-refractivity contribution is 9.10. The Balaban J connectivity index is 2.10. The van der Waals surface area contributed by atoms with Crippen molar-refractivity contribution in [1.82, 2.24) is 9.78 Å². The monoisotopic (exact) mass is 295 g/mol. The lowest BCUT2D eigenvalue weighted by Crippen LogP contribution is -2.23. The van der Waals surface area contributed by atoms with Gasteiger partial charge in [-0.05, 0) is 31.2 Å². The van der Waals surface area contributed by atoms with Crippen LogP contribution in [-0.2, 0) is 0 Å². The predicted octanol–water partition coefficient (Wildman–Crippen LogP) is 2.36. The molecule has 0 radical (unpaired) electrons. The Bertz CT molecular complexity index is 479. The highest BCUT2D eigenvalue weighted by atomic mass is 79.9. The third-order valence-corrected chi connectivity index (χ3v) is 2.69. The fourth-order valence-corrected chi connectivity index (χ4v) is 1.61. The molecule has 5 heteroatoms. The molecule has 17 heavy (non-hydrogen) atoms. The molecule has 0 amide bonds. The van der Waals surface area contributed by atoms with Crippen molar-refractivity contribution in [2.45, 2.75) is 13.0 Å². The first-order valence-corrected chi connectivity index (χ1v) is 6.13. The average molecular weight is 296 g/mol. The smallest absolute Gasteiger partial charge is 0.157 e. The van der Waals surface area contributed by atoms with E-state index in [-0.39, 0.29) is 6.04 Å². The second-order valence-corrected chi connectivity index (χ2v) is 4.80. The van der Waals surface area contributed by atoms with Gasteiger partial charge < -0.3 is 10.5 Å². The fourth-order valence-electron chi connectivity index (χ4n) is 1.34. The lowest BCUT2D eigenvalue weighted by atomic mass is 10.3. The van der Waals surface area contributed by atoms with E-state index in [0.29, 0.717) is 6.61 Å². The van der Waals surface area contributed by atoms with Crippen molar-refractivity contribution >= 4 is 15.9 Å². The molecule has 0 bridgehead atoms. The average Bonchev–Trinajstić information content (AvgIpc) is 2.76. The van der Waals surface area contributed by atoms with Gasteiger partial charge in [-0.15, -0.1) is 0 Å². The van der Waals surface area contributed by atoms with Crippen molar-refractivity contribution in [2.24, 2.45) is 5.73 Å². The van der Waals surface area contributed by atoms with Gasteiger partial charge in [0, 0.05) is 10.5 Å². The van der Waals surface area contributed by atoms with E-state index in [1.54, 1.807) is 10.9 Å². The number of halogens is 1. The lowest BCUT2D eigenvalue weighted by Gasteiger charge is -2.05. The summed E-state index contributed by atoms with van der Waals surface area (Å²) in [6, 6.07) is 7.92. The summed E-state index contributed by atoms with van der Waals surface area (Å²) in [5.74, 6) is 0.727. The van der Waals surface area contributed by atoms with Crippen LogP contribution in [0.3, 0.4) is 0 Å². The third-order valence-electron chi connectivity index (χ3n) is 2.16. The van der Waals surface area contributed by atoms with Crippen LogP contribution < -0.4 is 10.5 Å². The molecule has 0 saturated carbocycles.